The van der Waals surface area contributed by atoms with Gasteiger partial charge in [0.25, 0.3) is 0 Å². The maximum absolute atomic E-state index is 11.2. The molecule has 0 radical (unpaired) electrons. The summed E-state index contributed by atoms with van der Waals surface area (Å²) in [5.41, 5.74) is 0.496. The molecular formula is C9H13NO3. The monoisotopic (exact) mass is 183 g/mol. The molecule has 0 aliphatic heterocycles. The molecule has 0 unspecified atom stereocenters. The Balaban J connectivity index is 2.83. The molecule has 1 heterocycles. The first-order valence-electron chi connectivity index (χ1n) is 3.94. The average Bonchev–Trinajstić information content (AvgIpc) is 2.50. The lowest BCUT2D eigenvalue weighted by atomic mass is 10.2. The van der Waals surface area contributed by atoms with E-state index < -0.39 is 0 Å². The number of furan rings is 1. The molecule has 0 aliphatic carbocycles. The quantitative estimate of drug-likeness (QED) is 0.659. The van der Waals surface area contributed by atoms with E-state index in [2.05, 4.69) is 4.74 Å². The van der Waals surface area contributed by atoms with Crippen LogP contribution in [0.3, 0.4) is 0 Å². The lowest BCUT2D eigenvalue weighted by molar-refractivity contribution is 0.0597. The van der Waals surface area contributed by atoms with Crippen molar-refractivity contribution in [1.82, 2.24) is 4.90 Å². The predicted molar refractivity (Wildman–Crippen MR) is 47.4 cm³/mol. The summed E-state index contributed by atoms with van der Waals surface area (Å²) in [5, 5.41) is 0. The zero-order valence-corrected chi connectivity index (χ0v) is 8.03. The van der Waals surface area contributed by atoms with Gasteiger partial charge in [0.05, 0.1) is 19.9 Å². The molecule has 0 amide bonds. The SMILES string of the molecule is COC(=O)c1ccoc1CN(C)C. The maximum Gasteiger partial charge on any atom is 0.341 e. The van der Waals surface area contributed by atoms with Gasteiger partial charge >= 0.3 is 5.97 Å². The van der Waals surface area contributed by atoms with Gasteiger partial charge in [-0.2, -0.15) is 0 Å². The van der Waals surface area contributed by atoms with Crippen molar-refractivity contribution in [2.75, 3.05) is 21.2 Å². The summed E-state index contributed by atoms with van der Waals surface area (Å²) < 4.78 is 9.76. The molecule has 0 N–H and O–H groups in total. The summed E-state index contributed by atoms with van der Waals surface area (Å²) in [6.45, 7) is 0.595. The Bertz CT molecular complexity index is 291. The third-order valence-electron chi connectivity index (χ3n) is 1.61. The van der Waals surface area contributed by atoms with Gasteiger partial charge in [0, 0.05) is 0 Å². The minimum atomic E-state index is -0.356. The van der Waals surface area contributed by atoms with E-state index in [0.29, 0.717) is 17.9 Å². The molecule has 0 bridgehead atoms. The number of methoxy groups -OCH3 is 1. The standard InChI is InChI=1S/C9H13NO3/c1-10(2)6-8-7(4-5-13-8)9(11)12-3/h4-5H,6H2,1-3H3. The van der Waals surface area contributed by atoms with Crippen molar-refractivity contribution in [3.05, 3.63) is 23.7 Å². The molecule has 0 aliphatic rings. The van der Waals surface area contributed by atoms with Crippen LogP contribution in [0.15, 0.2) is 16.7 Å². The van der Waals surface area contributed by atoms with Crippen LogP contribution in [0.25, 0.3) is 0 Å². The second kappa shape index (κ2) is 4.09. The highest BCUT2D eigenvalue weighted by Gasteiger charge is 2.14. The Morgan fingerprint density at radius 3 is 2.85 bits per heavy atom. The minimum absolute atomic E-state index is 0.356. The highest BCUT2D eigenvalue weighted by molar-refractivity contribution is 5.90. The number of esters is 1. The van der Waals surface area contributed by atoms with Crippen LogP contribution in [-0.2, 0) is 11.3 Å². The highest BCUT2D eigenvalue weighted by atomic mass is 16.5. The fourth-order valence-corrected chi connectivity index (χ4v) is 1.04. The number of rotatable bonds is 3. The van der Waals surface area contributed by atoms with E-state index in [1.807, 2.05) is 19.0 Å². The molecule has 1 aromatic heterocycles. The van der Waals surface area contributed by atoms with E-state index in [0.717, 1.165) is 0 Å². The molecule has 0 spiro atoms. The Kier molecular flexibility index (Phi) is 3.08. The number of ether oxygens (including phenoxy) is 1. The summed E-state index contributed by atoms with van der Waals surface area (Å²) in [7, 11) is 5.17. The second-order valence-corrected chi connectivity index (χ2v) is 2.99. The molecule has 4 heteroatoms. The second-order valence-electron chi connectivity index (χ2n) is 2.99. The number of carbonyl (C=O) groups is 1. The van der Waals surface area contributed by atoms with Crippen LogP contribution < -0.4 is 0 Å². The molecular weight excluding hydrogens is 170 g/mol. The zero-order valence-electron chi connectivity index (χ0n) is 8.03. The zero-order chi connectivity index (χ0) is 9.84. The first-order chi connectivity index (χ1) is 6.15. The normalized spacial score (nSPS) is 10.5. The Morgan fingerprint density at radius 2 is 2.31 bits per heavy atom. The topological polar surface area (TPSA) is 42.7 Å². The van der Waals surface area contributed by atoms with Gasteiger partial charge < -0.3 is 14.1 Å². The van der Waals surface area contributed by atoms with Gasteiger partial charge in [0.1, 0.15) is 11.3 Å². The van der Waals surface area contributed by atoms with Gasteiger partial charge in [-0.3, -0.25) is 0 Å². The van der Waals surface area contributed by atoms with E-state index in [-0.39, 0.29) is 5.97 Å². The van der Waals surface area contributed by atoms with Crippen molar-refractivity contribution >= 4 is 5.97 Å². The Hall–Kier alpha value is -1.29. The summed E-state index contributed by atoms with van der Waals surface area (Å²) in [6.07, 6.45) is 1.49. The van der Waals surface area contributed by atoms with Crippen LogP contribution in [0.5, 0.6) is 0 Å². The Morgan fingerprint density at radius 1 is 1.62 bits per heavy atom. The van der Waals surface area contributed by atoms with Gasteiger partial charge in [-0.25, -0.2) is 4.79 Å². The molecule has 4 nitrogen and oxygen atoms in total. The number of nitrogens with zero attached hydrogens (tertiary/aromatic N) is 1. The molecule has 1 aromatic rings. The molecule has 0 saturated carbocycles. The van der Waals surface area contributed by atoms with E-state index >= 15 is 0 Å². The molecule has 0 saturated heterocycles. The first kappa shape index (κ1) is 9.80. The van der Waals surface area contributed by atoms with E-state index in [1.54, 1.807) is 6.07 Å². The summed E-state index contributed by atoms with van der Waals surface area (Å²) in [4.78, 5) is 13.1. The van der Waals surface area contributed by atoms with Crippen molar-refractivity contribution in [2.45, 2.75) is 6.54 Å². The summed E-state index contributed by atoms with van der Waals surface area (Å²) in [6, 6.07) is 1.62. The van der Waals surface area contributed by atoms with Crippen molar-refractivity contribution in [3.63, 3.8) is 0 Å². The third-order valence-corrected chi connectivity index (χ3v) is 1.61. The number of hydrogen-bond acceptors (Lipinski definition) is 4. The highest BCUT2D eigenvalue weighted by Crippen LogP contribution is 2.12. The summed E-state index contributed by atoms with van der Waals surface area (Å²) >= 11 is 0. The smallest absolute Gasteiger partial charge is 0.341 e. The van der Waals surface area contributed by atoms with Crippen molar-refractivity contribution in [2.24, 2.45) is 0 Å². The van der Waals surface area contributed by atoms with Crippen molar-refractivity contribution < 1.29 is 13.9 Å². The molecule has 1 rings (SSSR count). The van der Waals surface area contributed by atoms with E-state index in [4.69, 9.17) is 4.42 Å². The van der Waals surface area contributed by atoms with Crippen LogP contribution in [0.1, 0.15) is 16.1 Å². The van der Waals surface area contributed by atoms with E-state index in [1.165, 1.54) is 13.4 Å². The van der Waals surface area contributed by atoms with Crippen LogP contribution in [0.2, 0.25) is 0 Å². The molecule has 0 fully saturated rings. The largest absolute Gasteiger partial charge is 0.467 e. The Labute approximate surface area is 77.1 Å². The van der Waals surface area contributed by atoms with Crippen LogP contribution in [0, 0.1) is 0 Å². The van der Waals surface area contributed by atoms with Gasteiger partial charge in [-0.15, -0.1) is 0 Å². The lowest BCUT2D eigenvalue weighted by Crippen LogP contribution is -2.13. The molecule has 0 atom stereocenters. The van der Waals surface area contributed by atoms with Gasteiger partial charge in [-0.05, 0) is 20.2 Å². The van der Waals surface area contributed by atoms with Crippen LogP contribution in [0.4, 0.5) is 0 Å². The maximum atomic E-state index is 11.2. The molecule has 72 valence electrons. The van der Waals surface area contributed by atoms with Crippen LogP contribution in [-0.4, -0.2) is 32.1 Å². The van der Waals surface area contributed by atoms with Crippen molar-refractivity contribution in [1.29, 1.82) is 0 Å². The van der Waals surface area contributed by atoms with E-state index in [9.17, 15) is 4.79 Å². The fraction of sp³-hybridized carbons (Fsp3) is 0.444. The first-order valence-corrected chi connectivity index (χ1v) is 3.94. The molecule has 13 heavy (non-hydrogen) atoms. The van der Waals surface area contributed by atoms with Gasteiger partial charge in [0.2, 0.25) is 0 Å². The lowest BCUT2D eigenvalue weighted by Gasteiger charge is -2.07. The summed E-state index contributed by atoms with van der Waals surface area (Å²) in [5.74, 6) is 0.280. The van der Waals surface area contributed by atoms with Gasteiger partial charge in [-0.1, -0.05) is 0 Å². The fourth-order valence-electron chi connectivity index (χ4n) is 1.04. The third kappa shape index (κ3) is 2.32. The minimum Gasteiger partial charge on any atom is -0.467 e. The molecule has 0 aromatic carbocycles. The number of carbonyl (C=O) groups excluding carboxylic acids is 1. The van der Waals surface area contributed by atoms with Crippen LogP contribution >= 0.6 is 0 Å². The van der Waals surface area contributed by atoms with Crippen molar-refractivity contribution in [3.8, 4) is 0 Å². The number of hydrogen-bond donors (Lipinski definition) is 0. The predicted octanol–water partition coefficient (Wildman–Crippen LogP) is 1.13. The van der Waals surface area contributed by atoms with Gasteiger partial charge in [0.15, 0.2) is 0 Å². The average molecular weight is 183 g/mol.